The summed E-state index contributed by atoms with van der Waals surface area (Å²) >= 11 is 0. The molecule has 5 nitrogen and oxygen atoms in total. The van der Waals surface area contributed by atoms with Gasteiger partial charge in [-0.2, -0.15) is 5.10 Å². The molecule has 104 valence electrons. The van der Waals surface area contributed by atoms with Crippen LogP contribution in [0.1, 0.15) is 33.9 Å². The van der Waals surface area contributed by atoms with Gasteiger partial charge in [-0.05, 0) is 30.0 Å². The normalized spacial score (nSPS) is 16.9. The third kappa shape index (κ3) is 1.98. The van der Waals surface area contributed by atoms with Crippen LogP contribution in [-0.2, 0) is 6.42 Å². The van der Waals surface area contributed by atoms with Crippen LogP contribution in [0.3, 0.4) is 0 Å². The number of nitrogens with one attached hydrogen (secondary N) is 1. The molecule has 1 aromatic carbocycles. The third-order valence-electron chi connectivity index (χ3n) is 3.96. The lowest BCUT2D eigenvalue weighted by Gasteiger charge is -2.13. The zero-order valence-electron chi connectivity index (χ0n) is 11.4. The van der Waals surface area contributed by atoms with E-state index in [2.05, 4.69) is 27.5 Å². The second-order valence-corrected chi connectivity index (χ2v) is 5.21. The van der Waals surface area contributed by atoms with Gasteiger partial charge in [-0.25, -0.2) is 9.50 Å². The molecule has 2 aromatic heterocycles. The number of carbonyl (C=O) groups is 1. The van der Waals surface area contributed by atoms with E-state index in [1.165, 1.54) is 11.1 Å². The molecule has 1 N–H and O–H groups in total. The van der Waals surface area contributed by atoms with Crippen molar-refractivity contribution in [3.8, 4) is 0 Å². The maximum atomic E-state index is 12.5. The van der Waals surface area contributed by atoms with Crippen LogP contribution in [0, 0.1) is 0 Å². The molecular formula is C16H14N4O. The molecule has 0 aliphatic heterocycles. The summed E-state index contributed by atoms with van der Waals surface area (Å²) in [5.41, 5.74) is 3.64. The first-order valence-corrected chi connectivity index (χ1v) is 7.00. The molecule has 21 heavy (non-hydrogen) atoms. The molecule has 5 heteroatoms. The van der Waals surface area contributed by atoms with Crippen molar-refractivity contribution in [3.05, 3.63) is 65.6 Å². The van der Waals surface area contributed by atoms with Gasteiger partial charge in [0, 0.05) is 12.4 Å². The molecule has 1 atom stereocenters. The summed E-state index contributed by atoms with van der Waals surface area (Å²) in [6, 6.07) is 10.1. The first kappa shape index (κ1) is 12.1. The van der Waals surface area contributed by atoms with Gasteiger partial charge in [0.25, 0.3) is 5.91 Å². The molecule has 0 bridgehead atoms. The zero-order valence-corrected chi connectivity index (χ0v) is 11.4. The summed E-state index contributed by atoms with van der Waals surface area (Å²) in [5, 5.41) is 7.25. The molecule has 0 fully saturated rings. The summed E-state index contributed by atoms with van der Waals surface area (Å²) in [7, 11) is 0. The predicted octanol–water partition coefficient (Wildman–Crippen LogP) is 2.15. The van der Waals surface area contributed by atoms with Crippen molar-refractivity contribution < 1.29 is 4.79 Å². The topological polar surface area (TPSA) is 59.3 Å². The number of hydrogen-bond acceptors (Lipinski definition) is 3. The summed E-state index contributed by atoms with van der Waals surface area (Å²) < 4.78 is 1.61. The lowest BCUT2D eigenvalue weighted by Crippen LogP contribution is -2.27. The smallest absolute Gasteiger partial charge is 0.257 e. The number of amides is 1. The Balaban J connectivity index is 1.62. The van der Waals surface area contributed by atoms with Gasteiger partial charge in [-0.1, -0.05) is 24.3 Å². The number of rotatable bonds is 2. The number of hydrogen-bond donors (Lipinski definition) is 1. The van der Waals surface area contributed by atoms with E-state index in [0.29, 0.717) is 11.2 Å². The van der Waals surface area contributed by atoms with E-state index in [9.17, 15) is 4.79 Å². The van der Waals surface area contributed by atoms with Gasteiger partial charge in [0.15, 0.2) is 5.65 Å². The highest BCUT2D eigenvalue weighted by atomic mass is 16.1. The van der Waals surface area contributed by atoms with Crippen molar-refractivity contribution in [1.82, 2.24) is 19.9 Å². The lowest BCUT2D eigenvalue weighted by atomic mass is 10.1. The van der Waals surface area contributed by atoms with E-state index in [1.807, 2.05) is 12.1 Å². The largest absolute Gasteiger partial charge is 0.345 e. The van der Waals surface area contributed by atoms with Gasteiger partial charge in [-0.3, -0.25) is 4.79 Å². The first-order chi connectivity index (χ1) is 10.3. The number of benzene rings is 1. The van der Waals surface area contributed by atoms with Crippen molar-refractivity contribution in [1.29, 1.82) is 0 Å². The van der Waals surface area contributed by atoms with Crippen LogP contribution < -0.4 is 5.32 Å². The van der Waals surface area contributed by atoms with Gasteiger partial charge in [0.1, 0.15) is 5.56 Å². The van der Waals surface area contributed by atoms with E-state index >= 15 is 0 Å². The highest BCUT2D eigenvalue weighted by Gasteiger charge is 2.25. The molecule has 1 amide bonds. The highest BCUT2D eigenvalue weighted by molar-refractivity contribution is 5.99. The van der Waals surface area contributed by atoms with Gasteiger partial charge in [0.05, 0.1) is 12.2 Å². The van der Waals surface area contributed by atoms with Crippen LogP contribution in [0.25, 0.3) is 5.65 Å². The number of carbonyl (C=O) groups excluding carboxylic acids is 1. The fourth-order valence-electron chi connectivity index (χ4n) is 2.93. The quantitative estimate of drug-likeness (QED) is 0.781. The summed E-state index contributed by atoms with van der Waals surface area (Å²) in [5.74, 6) is -0.120. The van der Waals surface area contributed by atoms with Crippen molar-refractivity contribution >= 4 is 11.6 Å². The van der Waals surface area contributed by atoms with Gasteiger partial charge in [-0.15, -0.1) is 0 Å². The van der Waals surface area contributed by atoms with E-state index < -0.39 is 0 Å². The minimum absolute atomic E-state index is 0.0763. The van der Waals surface area contributed by atoms with Crippen molar-refractivity contribution in [2.45, 2.75) is 18.9 Å². The molecule has 0 radical (unpaired) electrons. The average Bonchev–Trinajstić information content (AvgIpc) is 3.12. The highest BCUT2D eigenvalue weighted by Crippen LogP contribution is 2.30. The maximum Gasteiger partial charge on any atom is 0.257 e. The molecular weight excluding hydrogens is 264 g/mol. The molecule has 0 saturated carbocycles. The Hall–Kier alpha value is -2.69. The van der Waals surface area contributed by atoms with E-state index in [1.54, 1.807) is 29.2 Å². The van der Waals surface area contributed by atoms with E-state index in [0.717, 1.165) is 12.8 Å². The van der Waals surface area contributed by atoms with Gasteiger partial charge in [0.2, 0.25) is 0 Å². The zero-order chi connectivity index (χ0) is 14.2. The minimum atomic E-state index is -0.120. The second-order valence-electron chi connectivity index (χ2n) is 5.21. The van der Waals surface area contributed by atoms with Gasteiger partial charge < -0.3 is 5.32 Å². The Bertz CT molecular complexity index is 824. The molecule has 3 aromatic rings. The molecule has 0 spiro atoms. The number of fused-ring (bicyclic) bond motifs is 2. The molecule has 0 unspecified atom stereocenters. The lowest BCUT2D eigenvalue weighted by molar-refractivity contribution is 0.0938. The summed E-state index contributed by atoms with van der Waals surface area (Å²) in [6.45, 7) is 0. The number of aryl methyl sites for hydroxylation is 1. The van der Waals surface area contributed by atoms with Crippen molar-refractivity contribution in [2.75, 3.05) is 0 Å². The van der Waals surface area contributed by atoms with Gasteiger partial charge >= 0.3 is 0 Å². The van der Waals surface area contributed by atoms with E-state index in [4.69, 9.17) is 0 Å². The number of aromatic nitrogens is 3. The maximum absolute atomic E-state index is 12.5. The molecule has 1 aliphatic carbocycles. The molecule has 2 heterocycles. The fourth-order valence-corrected chi connectivity index (χ4v) is 2.93. The number of nitrogens with zero attached hydrogens (tertiary/aromatic N) is 3. The standard InChI is InChI=1S/C16H14N4O/c21-16(13-10-18-20-9-3-8-17-15(13)20)19-14-7-6-11-4-1-2-5-12(11)14/h1-5,8-10,14H,6-7H2,(H,19,21)/t14-/m0/s1. The van der Waals surface area contributed by atoms with Crippen LogP contribution in [0.4, 0.5) is 0 Å². The Morgan fingerprint density at radius 3 is 3.14 bits per heavy atom. The summed E-state index contributed by atoms with van der Waals surface area (Å²) in [4.78, 5) is 16.7. The van der Waals surface area contributed by atoms with Crippen molar-refractivity contribution in [3.63, 3.8) is 0 Å². The van der Waals surface area contributed by atoms with Crippen LogP contribution in [-0.4, -0.2) is 20.5 Å². The Kier molecular flexibility index (Phi) is 2.70. The van der Waals surface area contributed by atoms with Crippen molar-refractivity contribution in [2.24, 2.45) is 0 Å². The molecule has 4 rings (SSSR count). The third-order valence-corrected chi connectivity index (χ3v) is 3.96. The second kappa shape index (κ2) is 4.70. The predicted molar refractivity (Wildman–Crippen MR) is 78.0 cm³/mol. The van der Waals surface area contributed by atoms with Crippen LogP contribution >= 0.6 is 0 Å². The Morgan fingerprint density at radius 2 is 2.19 bits per heavy atom. The minimum Gasteiger partial charge on any atom is -0.345 e. The summed E-state index contributed by atoms with van der Waals surface area (Å²) in [6.07, 6.45) is 6.97. The van der Waals surface area contributed by atoms with Crippen LogP contribution in [0.15, 0.2) is 48.9 Å². The fraction of sp³-hybridized carbons (Fsp3) is 0.188. The average molecular weight is 278 g/mol. The van der Waals surface area contributed by atoms with Crippen LogP contribution in [0.2, 0.25) is 0 Å². The molecule has 1 aliphatic rings. The molecule has 0 saturated heterocycles. The monoisotopic (exact) mass is 278 g/mol. The first-order valence-electron chi connectivity index (χ1n) is 7.00. The van der Waals surface area contributed by atoms with Crippen LogP contribution in [0.5, 0.6) is 0 Å². The Morgan fingerprint density at radius 1 is 1.29 bits per heavy atom. The SMILES string of the molecule is O=C(N[C@H]1CCc2ccccc21)c1cnn2cccnc12. The van der Waals surface area contributed by atoms with E-state index in [-0.39, 0.29) is 11.9 Å². The Labute approximate surface area is 121 Å².